The smallest absolute Gasteiger partial charge is 0.337 e. The van der Waals surface area contributed by atoms with Gasteiger partial charge >= 0.3 is 5.97 Å². The molecule has 0 unspecified atom stereocenters. The van der Waals surface area contributed by atoms with Gasteiger partial charge in [-0.15, -0.1) is 11.3 Å². The van der Waals surface area contributed by atoms with E-state index < -0.39 is 5.97 Å². The fourth-order valence-electron chi connectivity index (χ4n) is 4.31. The summed E-state index contributed by atoms with van der Waals surface area (Å²) in [5, 5.41) is 14.0. The van der Waals surface area contributed by atoms with E-state index in [-0.39, 0.29) is 5.41 Å². The first-order chi connectivity index (χ1) is 13.3. The minimum absolute atomic E-state index is 0.134. The molecule has 146 valence electrons. The van der Waals surface area contributed by atoms with Crippen molar-refractivity contribution in [3.05, 3.63) is 58.0 Å². The molecule has 4 nitrogen and oxygen atoms in total. The van der Waals surface area contributed by atoms with Crippen LogP contribution in [0.15, 0.2) is 36.4 Å². The van der Waals surface area contributed by atoms with Crippen LogP contribution in [-0.4, -0.2) is 23.1 Å². The molecule has 0 spiro atoms. The molecule has 0 atom stereocenters. The number of thiophene rings is 1. The molecule has 0 aliphatic heterocycles. The number of hydrogen-bond acceptors (Lipinski definition) is 4. The van der Waals surface area contributed by atoms with Crippen LogP contribution in [-0.2, 0) is 19.4 Å². The summed E-state index contributed by atoms with van der Waals surface area (Å²) in [6, 6.07) is 12.4. The van der Waals surface area contributed by atoms with Gasteiger partial charge in [0.15, 0.2) is 0 Å². The van der Waals surface area contributed by atoms with Gasteiger partial charge < -0.3 is 5.11 Å². The maximum absolute atomic E-state index is 12.4. The van der Waals surface area contributed by atoms with E-state index in [1.807, 2.05) is 19.2 Å². The zero-order valence-corrected chi connectivity index (χ0v) is 17.4. The third-order valence-corrected chi connectivity index (χ3v) is 6.96. The Morgan fingerprint density at radius 2 is 2.00 bits per heavy atom. The number of rotatable bonds is 4. The van der Waals surface area contributed by atoms with Crippen molar-refractivity contribution < 1.29 is 9.90 Å². The van der Waals surface area contributed by atoms with Crippen LogP contribution in [0.3, 0.4) is 0 Å². The average molecular weight is 395 g/mol. The Balaban J connectivity index is 2.03. The lowest BCUT2D eigenvalue weighted by molar-refractivity contribution is 0.0696. The van der Waals surface area contributed by atoms with Gasteiger partial charge in [0.1, 0.15) is 0 Å². The first kappa shape index (κ1) is 19.1. The van der Waals surface area contributed by atoms with Gasteiger partial charge in [-0.25, -0.2) is 9.80 Å². The highest BCUT2D eigenvalue weighted by atomic mass is 32.1. The number of carboxylic acid groups (broad SMARTS) is 1. The molecule has 0 radical (unpaired) electrons. The summed E-state index contributed by atoms with van der Waals surface area (Å²) in [5.74, 6) is 5.14. The van der Waals surface area contributed by atoms with Crippen LogP contribution in [0.2, 0.25) is 0 Å². The molecule has 0 saturated heterocycles. The average Bonchev–Trinajstić information content (AvgIpc) is 2.98. The third kappa shape index (κ3) is 3.34. The highest BCUT2D eigenvalue weighted by Gasteiger charge is 2.33. The normalized spacial score (nSPS) is 15.8. The number of benzene rings is 2. The third-order valence-electron chi connectivity index (χ3n) is 5.65. The molecule has 1 aliphatic rings. The second-order valence-electron chi connectivity index (χ2n) is 8.59. The van der Waals surface area contributed by atoms with Crippen LogP contribution in [0.5, 0.6) is 0 Å². The zero-order chi connectivity index (χ0) is 20.1. The van der Waals surface area contributed by atoms with Crippen molar-refractivity contribution in [2.24, 2.45) is 11.3 Å². The van der Waals surface area contributed by atoms with Crippen LogP contribution in [0, 0.1) is 5.41 Å². The van der Waals surface area contributed by atoms with Gasteiger partial charge in [-0.3, -0.25) is 5.84 Å². The highest BCUT2D eigenvalue weighted by molar-refractivity contribution is 7.16. The molecule has 1 heterocycles. The maximum Gasteiger partial charge on any atom is 0.337 e. The molecule has 3 aromatic rings. The van der Waals surface area contributed by atoms with Crippen molar-refractivity contribution in [1.82, 2.24) is 5.01 Å². The molecule has 2 aromatic carbocycles. The van der Waals surface area contributed by atoms with Gasteiger partial charge in [0, 0.05) is 24.0 Å². The Morgan fingerprint density at radius 3 is 2.71 bits per heavy atom. The van der Waals surface area contributed by atoms with Crippen molar-refractivity contribution in [2.75, 3.05) is 7.05 Å². The number of nitrogens with zero attached hydrogens (tertiary/aromatic N) is 1. The number of nitrogens with two attached hydrogens (primary N) is 1. The zero-order valence-electron chi connectivity index (χ0n) is 16.6. The van der Waals surface area contributed by atoms with Crippen molar-refractivity contribution in [3.63, 3.8) is 0 Å². The van der Waals surface area contributed by atoms with Crippen LogP contribution in [0.25, 0.3) is 21.2 Å². The van der Waals surface area contributed by atoms with Crippen molar-refractivity contribution in [1.29, 1.82) is 0 Å². The number of fused-ring (bicyclic) bond motifs is 2. The number of carboxylic acids is 1. The van der Waals surface area contributed by atoms with Gasteiger partial charge in [0.25, 0.3) is 0 Å². The molecule has 1 aliphatic carbocycles. The lowest BCUT2D eigenvalue weighted by Crippen LogP contribution is -2.25. The summed E-state index contributed by atoms with van der Waals surface area (Å²) in [6.45, 7) is 5.02. The molecule has 3 N–H and O–H groups in total. The van der Waals surface area contributed by atoms with Crippen molar-refractivity contribution in [2.45, 2.75) is 39.7 Å². The quantitative estimate of drug-likeness (QED) is 0.478. The monoisotopic (exact) mass is 394 g/mol. The summed E-state index contributed by atoms with van der Waals surface area (Å²) in [7, 11) is 1.83. The first-order valence-corrected chi connectivity index (χ1v) is 10.4. The standard InChI is InChI=1S/C23H26N2O2S/c1-23(2)11-10-18-17(12-23)20(22(26)27)21(28-18)19-15(13-25(3)24)9-8-14-6-4-5-7-16(14)19/h4-9H,10-13,24H2,1-3H3,(H,26,27). The van der Waals surface area contributed by atoms with Gasteiger partial charge in [-0.2, -0.15) is 0 Å². The number of carbonyl (C=O) groups is 1. The van der Waals surface area contributed by atoms with E-state index in [0.29, 0.717) is 12.1 Å². The van der Waals surface area contributed by atoms with E-state index in [1.54, 1.807) is 16.3 Å². The minimum Gasteiger partial charge on any atom is -0.478 e. The van der Waals surface area contributed by atoms with E-state index in [9.17, 15) is 9.90 Å². The van der Waals surface area contributed by atoms with Gasteiger partial charge in [0.05, 0.1) is 10.4 Å². The number of aromatic carboxylic acids is 1. The minimum atomic E-state index is -0.829. The maximum atomic E-state index is 12.4. The Morgan fingerprint density at radius 1 is 1.25 bits per heavy atom. The second kappa shape index (κ2) is 6.99. The first-order valence-electron chi connectivity index (χ1n) is 9.61. The fourth-order valence-corrected chi connectivity index (χ4v) is 5.71. The second-order valence-corrected chi connectivity index (χ2v) is 9.70. The molecule has 1 aromatic heterocycles. The van der Waals surface area contributed by atoms with E-state index in [4.69, 9.17) is 5.84 Å². The Kier molecular flexibility index (Phi) is 4.78. The SMILES string of the molecule is CN(N)Cc1ccc2ccccc2c1-c1sc2c(c1C(=O)O)CC(C)(C)CC2. The summed E-state index contributed by atoms with van der Waals surface area (Å²) >= 11 is 1.66. The molecular formula is C23H26N2O2S. The van der Waals surface area contributed by atoms with Crippen LogP contribution in [0.4, 0.5) is 0 Å². The predicted molar refractivity (Wildman–Crippen MR) is 116 cm³/mol. The van der Waals surface area contributed by atoms with Crippen LogP contribution < -0.4 is 5.84 Å². The summed E-state index contributed by atoms with van der Waals surface area (Å²) in [5.41, 5.74) is 3.73. The van der Waals surface area contributed by atoms with Crippen molar-refractivity contribution in [3.8, 4) is 10.4 Å². The summed E-state index contributed by atoms with van der Waals surface area (Å²) in [4.78, 5) is 14.5. The lowest BCUT2D eigenvalue weighted by Gasteiger charge is -2.29. The molecule has 0 saturated carbocycles. The number of aryl methyl sites for hydroxylation is 1. The Labute approximate surface area is 169 Å². The molecule has 0 fully saturated rings. The molecule has 5 heteroatoms. The predicted octanol–water partition coefficient (Wildman–Crippen LogP) is 5.09. The van der Waals surface area contributed by atoms with E-state index in [2.05, 4.69) is 38.1 Å². The Bertz CT molecular complexity index is 1070. The topological polar surface area (TPSA) is 66.6 Å². The van der Waals surface area contributed by atoms with Crippen LogP contribution in [0.1, 0.15) is 46.6 Å². The Hall–Kier alpha value is -2.21. The summed E-state index contributed by atoms with van der Waals surface area (Å²) in [6.07, 6.45) is 2.86. The van der Waals surface area contributed by atoms with E-state index in [1.165, 1.54) is 4.88 Å². The molecule has 4 rings (SSSR count). The van der Waals surface area contributed by atoms with Crippen LogP contribution >= 0.6 is 11.3 Å². The largest absolute Gasteiger partial charge is 0.478 e. The fraction of sp³-hybridized carbons (Fsp3) is 0.348. The molecule has 0 amide bonds. The molecule has 0 bridgehead atoms. The molecule has 28 heavy (non-hydrogen) atoms. The summed E-state index contributed by atoms with van der Waals surface area (Å²) < 4.78 is 0. The van der Waals surface area contributed by atoms with E-state index in [0.717, 1.165) is 51.6 Å². The number of hydrogen-bond donors (Lipinski definition) is 2. The number of hydrazine groups is 1. The van der Waals surface area contributed by atoms with Crippen molar-refractivity contribution >= 4 is 28.1 Å². The molecular weight excluding hydrogens is 368 g/mol. The van der Waals surface area contributed by atoms with E-state index >= 15 is 0 Å². The van der Waals surface area contributed by atoms with Gasteiger partial charge in [-0.05, 0) is 46.6 Å². The van der Waals surface area contributed by atoms with Gasteiger partial charge in [0.2, 0.25) is 0 Å². The van der Waals surface area contributed by atoms with Gasteiger partial charge in [-0.1, -0.05) is 50.2 Å². The lowest BCUT2D eigenvalue weighted by atomic mass is 9.75. The highest BCUT2D eigenvalue weighted by Crippen LogP contribution is 2.47.